The minimum atomic E-state index is -1.07. The van der Waals surface area contributed by atoms with Crippen molar-refractivity contribution in [1.82, 2.24) is 20.4 Å². The van der Waals surface area contributed by atoms with Crippen LogP contribution in [0.5, 0.6) is 0 Å². The smallest absolute Gasteiger partial charge is 0.331 e. The molecule has 1 aromatic carbocycles. The molecule has 198 valence electrons. The minimum Gasteiger partial charge on any atom is -0.478 e. The van der Waals surface area contributed by atoms with Crippen LogP contribution in [0.15, 0.2) is 46.5 Å². The summed E-state index contributed by atoms with van der Waals surface area (Å²) in [5, 5.41) is 20.2. The summed E-state index contributed by atoms with van der Waals surface area (Å²) in [6, 6.07) is 8.21. The molecule has 1 aromatic heterocycles. The van der Waals surface area contributed by atoms with E-state index in [0.717, 1.165) is 41.5 Å². The predicted octanol–water partition coefficient (Wildman–Crippen LogP) is 4.10. The number of carbonyl (C=O) groups excluding carboxylic acids is 2. The van der Waals surface area contributed by atoms with E-state index >= 15 is 0 Å². The molecule has 0 saturated heterocycles. The van der Waals surface area contributed by atoms with Gasteiger partial charge in [-0.2, -0.15) is 5.10 Å². The summed E-state index contributed by atoms with van der Waals surface area (Å²) < 4.78 is 8.95. The molecule has 10 heteroatoms. The lowest BCUT2D eigenvalue weighted by Gasteiger charge is -2.38. The highest BCUT2D eigenvalue weighted by atomic mass is 79.9. The van der Waals surface area contributed by atoms with Gasteiger partial charge in [0.25, 0.3) is 5.91 Å². The number of hydrogen-bond donors (Lipinski definition) is 3. The number of aliphatic carboxylic acids is 1. The lowest BCUT2D eigenvalue weighted by atomic mass is 9.87. The molecule has 4 rings (SSSR count). The average Bonchev–Trinajstić information content (AvgIpc) is 3.62. The molecule has 37 heavy (non-hydrogen) atoms. The maximum atomic E-state index is 13.4. The third kappa shape index (κ3) is 6.48. The van der Waals surface area contributed by atoms with Crippen LogP contribution in [0.1, 0.15) is 75.0 Å². The Hall–Kier alpha value is -2.98. The zero-order valence-electron chi connectivity index (χ0n) is 21.2. The molecular formula is C27H33BrN4O5. The zero-order chi connectivity index (χ0) is 26.7. The van der Waals surface area contributed by atoms with E-state index in [2.05, 4.69) is 31.7 Å². The summed E-state index contributed by atoms with van der Waals surface area (Å²) in [4.78, 5) is 37.4. The standard InChI is InChI=1S/C27H33BrN4O5/c1-4-20(5-2)37-24-13-17(27(35)36)12-21(25(24)29-15(3)33)30-26(34)22-14-23(16-6-7-16)32(31-22)19-10-8-18(28)9-11-19/h8-11,13-14,16,20-21,24-25H,4-7,12H2,1-3H3,(H,29,33)(H,30,34)(H,35,36)/t21-,24+,25+/m0/s1. The van der Waals surface area contributed by atoms with Gasteiger partial charge in [0.1, 0.15) is 0 Å². The van der Waals surface area contributed by atoms with Crippen molar-refractivity contribution in [3.05, 3.63) is 57.8 Å². The molecule has 3 atom stereocenters. The monoisotopic (exact) mass is 572 g/mol. The van der Waals surface area contributed by atoms with Crippen LogP contribution < -0.4 is 10.6 Å². The fourth-order valence-corrected chi connectivity index (χ4v) is 4.98. The van der Waals surface area contributed by atoms with Gasteiger partial charge in [-0.3, -0.25) is 9.59 Å². The van der Waals surface area contributed by atoms with Gasteiger partial charge in [-0.15, -0.1) is 0 Å². The van der Waals surface area contributed by atoms with E-state index in [1.54, 1.807) is 16.8 Å². The van der Waals surface area contributed by atoms with Crippen molar-refractivity contribution in [2.24, 2.45) is 0 Å². The number of halogens is 1. The van der Waals surface area contributed by atoms with Crippen LogP contribution in [0.2, 0.25) is 0 Å². The van der Waals surface area contributed by atoms with E-state index in [0.29, 0.717) is 5.92 Å². The highest BCUT2D eigenvalue weighted by molar-refractivity contribution is 9.10. The first kappa shape index (κ1) is 27.1. The number of carboxylic acids is 1. The number of rotatable bonds is 10. The Morgan fingerprint density at radius 2 is 1.84 bits per heavy atom. The van der Waals surface area contributed by atoms with Crippen LogP contribution in [0, 0.1) is 0 Å². The summed E-state index contributed by atoms with van der Waals surface area (Å²) in [7, 11) is 0. The second-order valence-corrected chi connectivity index (χ2v) is 10.6. The van der Waals surface area contributed by atoms with Crippen LogP contribution in [0.4, 0.5) is 0 Å². The third-order valence-electron chi connectivity index (χ3n) is 6.85. The van der Waals surface area contributed by atoms with Crippen molar-refractivity contribution in [2.45, 2.75) is 83.1 Å². The predicted molar refractivity (Wildman–Crippen MR) is 142 cm³/mol. The molecular weight excluding hydrogens is 540 g/mol. The third-order valence-corrected chi connectivity index (χ3v) is 7.38. The molecule has 2 amide bonds. The number of amides is 2. The Bertz CT molecular complexity index is 1180. The summed E-state index contributed by atoms with van der Waals surface area (Å²) in [5.74, 6) is -1.44. The second kappa shape index (κ2) is 11.6. The van der Waals surface area contributed by atoms with Crippen molar-refractivity contribution in [3.8, 4) is 5.69 Å². The highest BCUT2D eigenvalue weighted by Gasteiger charge is 2.39. The van der Waals surface area contributed by atoms with E-state index in [9.17, 15) is 19.5 Å². The van der Waals surface area contributed by atoms with E-state index in [1.807, 2.05) is 38.1 Å². The minimum absolute atomic E-state index is 0.0533. The number of carbonyl (C=O) groups is 3. The molecule has 3 N–H and O–H groups in total. The van der Waals surface area contributed by atoms with Gasteiger partial charge >= 0.3 is 5.97 Å². The number of aromatic nitrogens is 2. The number of ether oxygens (including phenoxy) is 1. The van der Waals surface area contributed by atoms with Crippen LogP contribution in [-0.4, -0.2) is 57.0 Å². The fourth-order valence-electron chi connectivity index (χ4n) is 4.71. The van der Waals surface area contributed by atoms with Gasteiger partial charge in [0, 0.05) is 35.0 Å². The van der Waals surface area contributed by atoms with Crippen molar-refractivity contribution >= 4 is 33.7 Å². The Kier molecular flexibility index (Phi) is 8.49. The van der Waals surface area contributed by atoms with E-state index in [1.165, 1.54) is 6.92 Å². The van der Waals surface area contributed by atoms with Gasteiger partial charge in [0.2, 0.25) is 5.91 Å². The molecule has 0 radical (unpaired) electrons. The number of benzene rings is 1. The Labute approximate surface area is 224 Å². The maximum absolute atomic E-state index is 13.4. The Morgan fingerprint density at radius 1 is 1.16 bits per heavy atom. The first-order valence-electron chi connectivity index (χ1n) is 12.7. The molecule has 2 aliphatic rings. The summed E-state index contributed by atoms with van der Waals surface area (Å²) >= 11 is 3.45. The van der Waals surface area contributed by atoms with Crippen LogP contribution in [0.3, 0.4) is 0 Å². The largest absolute Gasteiger partial charge is 0.478 e. The van der Waals surface area contributed by atoms with Crippen molar-refractivity contribution in [3.63, 3.8) is 0 Å². The molecule has 0 bridgehead atoms. The lowest BCUT2D eigenvalue weighted by molar-refractivity contribution is -0.133. The van der Waals surface area contributed by atoms with Crippen molar-refractivity contribution < 1.29 is 24.2 Å². The van der Waals surface area contributed by atoms with Gasteiger partial charge in [0.15, 0.2) is 5.69 Å². The summed E-state index contributed by atoms with van der Waals surface area (Å²) in [6.45, 7) is 5.38. The van der Waals surface area contributed by atoms with Gasteiger partial charge in [-0.05, 0) is 62.1 Å². The lowest BCUT2D eigenvalue weighted by Crippen LogP contribution is -2.59. The molecule has 0 aliphatic heterocycles. The first-order chi connectivity index (χ1) is 17.7. The maximum Gasteiger partial charge on any atom is 0.331 e. The second-order valence-electron chi connectivity index (χ2n) is 9.66. The molecule has 1 fully saturated rings. The Balaban J connectivity index is 1.62. The van der Waals surface area contributed by atoms with Crippen LogP contribution in [-0.2, 0) is 14.3 Å². The first-order valence-corrected chi connectivity index (χ1v) is 13.5. The molecule has 1 saturated carbocycles. The van der Waals surface area contributed by atoms with Crippen LogP contribution >= 0.6 is 15.9 Å². The Morgan fingerprint density at radius 3 is 2.41 bits per heavy atom. The van der Waals surface area contributed by atoms with Gasteiger partial charge in [-0.1, -0.05) is 29.8 Å². The molecule has 2 aliphatic carbocycles. The number of carboxylic acid groups (broad SMARTS) is 1. The fraction of sp³-hybridized carbons (Fsp3) is 0.481. The molecule has 9 nitrogen and oxygen atoms in total. The van der Waals surface area contributed by atoms with Crippen molar-refractivity contribution in [1.29, 1.82) is 0 Å². The molecule has 2 aromatic rings. The highest BCUT2D eigenvalue weighted by Crippen LogP contribution is 2.41. The van der Waals surface area contributed by atoms with Gasteiger partial charge in [-0.25, -0.2) is 9.48 Å². The molecule has 0 unspecified atom stereocenters. The van der Waals surface area contributed by atoms with Gasteiger partial charge < -0.3 is 20.5 Å². The van der Waals surface area contributed by atoms with Crippen LogP contribution in [0.25, 0.3) is 5.69 Å². The SMILES string of the molecule is CCC(CC)O[C@@H]1C=C(C(=O)O)C[C@H](NC(=O)c2cc(C3CC3)n(-c3ccc(Br)cc3)n2)[C@H]1NC(C)=O. The van der Waals surface area contributed by atoms with Crippen molar-refractivity contribution in [2.75, 3.05) is 0 Å². The van der Waals surface area contributed by atoms with E-state index < -0.39 is 30.1 Å². The van der Waals surface area contributed by atoms with Gasteiger partial charge in [0.05, 0.1) is 30.0 Å². The summed E-state index contributed by atoms with van der Waals surface area (Å²) in [5.41, 5.74) is 2.21. The normalized spacial score (nSPS) is 21.4. The number of hydrogen-bond acceptors (Lipinski definition) is 5. The average molecular weight is 573 g/mol. The molecule has 1 heterocycles. The topological polar surface area (TPSA) is 123 Å². The number of nitrogens with one attached hydrogen (secondary N) is 2. The summed E-state index contributed by atoms with van der Waals surface area (Å²) in [6.07, 6.45) is 4.37. The molecule has 0 spiro atoms. The zero-order valence-corrected chi connectivity index (χ0v) is 22.8. The number of nitrogens with zero attached hydrogens (tertiary/aromatic N) is 2. The van der Waals surface area contributed by atoms with E-state index in [-0.39, 0.29) is 29.7 Å². The quantitative estimate of drug-likeness (QED) is 0.394. The van der Waals surface area contributed by atoms with E-state index in [4.69, 9.17) is 4.74 Å².